The Balaban J connectivity index is 0.000000106. The summed E-state index contributed by atoms with van der Waals surface area (Å²) in [5.74, 6) is 0.579. The maximum Gasteiger partial charge on any atom is 0.258 e. The molecule has 35 heteroatoms. The van der Waals surface area contributed by atoms with Crippen molar-refractivity contribution in [2.45, 2.75) is 52.1 Å². The van der Waals surface area contributed by atoms with Crippen molar-refractivity contribution in [3.05, 3.63) is 295 Å². The molecular weight excluding hydrogens is 1800 g/mol. The molecule has 5 fully saturated rings. The summed E-state index contributed by atoms with van der Waals surface area (Å²) in [6, 6.07) is 57.0. The number of aryl methyl sites for hydroxylation is 6. The molecule has 0 spiro atoms. The second kappa shape index (κ2) is 39.6. The number of aromatic nitrogens is 19. The zero-order valence-corrected chi connectivity index (χ0v) is 82.3. The minimum atomic E-state index is -0.124. The number of piperidine rings is 1. The maximum atomic E-state index is 12.9. The first-order chi connectivity index (χ1) is 69.3. The SMILES string of the molecule is CN(C)C1CCN(c2ccc3nc(-c4ccc5c(cnn5C)c4)cc(=O)n3c2)CC1.CN1CCCN(c2ccc3nc(-c4ccc5c(cnn5C)c4)cc(=O)n3c2)CC1.CN1CCN(c2ccc3nc(-c4ccc5c(cnn5C)c4)cc(=O)n3c2)CC1.Cc1cc2cc(-c3cc(=O)n4cc(N5CCN[C@@H](C)C5)ccc4n3)oc2c(C)n1.Cn1ncc2cc(-c3cc(=O)n4cc(N5CCNCC5)ccc4n3)ccc21. The molecule has 0 bridgehead atoms. The van der Waals surface area contributed by atoms with E-state index in [-0.39, 0.29) is 27.8 Å². The number of anilines is 5. The Morgan fingerprint density at radius 2 is 0.671 bits per heavy atom. The number of nitrogens with one attached hydrogen (secondary N) is 2. The first-order valence-electron chi connectivity index (χ1n) is 48.8. The molecule has 21 heterocycles. The Morgan fingerprint density at radius 3 is 1.05 bits per heavy atom. The van der Waals surface area contributed by atoms with Gasteiger partial charge in [-0.15, -0.1) is 0 Å². The lowest BCUT2D eigenvalue weighted by molar-refractivity contribution is 0.249. The zero-order chi connectivity index (χ0) is 98.5. The van der Waals surface area contributed by atoms with Crippen LogP contribution in [0, 0.1) is 13.8 Å². The fourth-order valence-corrected chi connectivity index (χ4v) is 20.0. The lowest BCUT2D eigenvalue weighted by Crippen LogP contribution is -2.49. The van der Waals surface area contributed by atoms with Crippen LogP contribution >= 0.6 is 0 Å². The van der Waals surface area contributed by atoms with Crippen LogP contribution in [0.15, 0.2) is 260 Å². The molecule has 1 atom stereocenters. The van der Waals surface area contributed by atoms with Gasteiger partial charge in [0.15, 0.2) is 11.3 Å². The molecule has 0 unspecified atom stereocenters. The number of benzene rings is 4. The molecule has 0 saturated carbocycles. The number of likely N-dealkylation sites (N-methyl/N-ethyl adjacent to an activating group) is 2. The van der Waals surface area contributed by atoms with E-state index >= 15 is 0 Å². The van der Waals surface area contributed by atoms with Gasteiger partial charge < -0.3 is 54.3 Å². The summed E-state index contributed by atoms with van der Waals surface area (Å²) in [4.78, 5) is 111. The van der Waals surface area contributed by atoms with Gasteiger partial charge in [-0.1, -0.05) is 24.3 Å². The molecule has 2 N–H and O–H groups in total. The normalized spacial score (nSPS) is 15.9. The molecule has 143 heavy (non-hydrogen) atoms. The summed E-state index contributed by atoms with van der Waals surface area (Å²) in [6.07, 6.45) is 20.2. The van der Waals surface area contributed by atoms with Crippen LogP contribution in [0.4, 0.5) is 28.4 Å². The number of hydrogen-bond donors (Lipinski definition) is 2. The Bertz CT molecular complexity index is 8550. The molecule has 0 radical (unpaired) electrons. The van der Waals surface area contributed by atoms with Crippen molar-refractivity contribution < 1.29 is 4.42 Å². The van der Waals surface area contributed by atoms with Crippen LogP contribution in [0.3, 0.4) is 0 Å². The van der Waals surface area contributed by atoms with Crippen molar-refractivity contribution in [1.29, 1.82) is 0 Å². The molecule has 5 saturated heterocycles. The third kappa shape index (κ3) is 19.7. The van der Waals surface area contributed by atoms with Gasteiger partial charge in [0.25, 0.3) is 27.8 Å². The van der Waals surface area contributed by atoms with Gasteiger partial charge in [0, 0.05) is 261 Å². The van der Waals surface area contributed by atoms with E-state index in [1.165, 1.54) is 6.07 Å². The highest BCUT2D eigenvalue weighted by atomic mass is 16.3. The quantitative estimate of drug-likeness (QED) is 0.121. The molecule has 5 aliphatic heterocycles. The van der Waals surface area contributed by atoms with Crippen molar-refractivity contribution >= 4 is 111 Å². The minimum absolute atomic E-state index is 0.0636. The predicted molar refractivity (Wildman–Crippen MR) is 566 cm³/mol. The average molecular weight is 1920 g/mol. The van der Waals surface area contributed by atoms with Crippen molar-refractivity contribution in [2.75, 3.05) is 164 Å². The summed E-state index contributed by atoms with van der Waals surface area (Å²) in [6.45, 7) is 22.7. The van der Waals surface area contributed by atoms with Gasteiger partial charge in [0.2, 0.25) is 0 Å². The molecule has 0 aliphatic carbocycles. The van der Waals surface area contributed by atoms with Crippen LogP contribution in [0.2, 0.25) is 0 Å². The number of fused-ring (bicyclic) bond motifs is 10. The number of rotatable bonds is 11. The van der Waals surface area contributed by atoms with Crippen molar-refractivity contribution in [1.82, 2.24) is 116 Å². The first kappa shape index (κ1) is 93.4. The lowest BCUT2D eigenvalue weighted by atomic mass is 10.0. The third-order valence-corrected chi connectivity index (χ3v) is 28.2. The fraction of sp³-hybridized carbons (Fsp3) is 0.306. The van der Waals surface area contributed by atoms with Gasteiger partial charge in [0.05, 0.1) is 104 Å². The highest BCUT2D eigenvalue weighted by Crippen LogP contribution is 2.34. The number of furan rings is 1. The molecule has 5 aliphatic rings. The topological polar surface area (TPSA) is 319 Å². The van der Waals surface area contributed by atoms with E-state index in [0.29, 0.717) is 74.5 Å². The molecule has 4 aromatic carbocycles. The minimum Gasteiger partial charge on any atom is -0.453 e. The van der Waals surface area contributed by atoms with E-state index in [1.807, 2.05) is 244 Å². The van der Waals surface area contributed by atoms with E-state index in [2.05, 4.69) is 134 Å². The summed E-state index contributed by atoms with van der Waals surface area (Å²) in [7, 11) is 16.3. The van der Waals surface area contributed by atoms with Gasteiger partial charge in [-0.3, -0.25) is 69.7 Å². The first-order valence-corrected chi connectivity index (χ1v) is 48.8. The van der Waals surface area contributed by atoms with Crippen LogP contribution < -0.4 is 62.9 Å². The molecule has 16 aromatic heterocycles. The van der Waals surface area contributed by atoms with Gasteiger partial charge in [-0.05, 0) is 196 Å². The van der Waals surface area contributed by atoms with E-state index in [4.69, 9.17) is 24.4 Å². The summed E-state index contributed by atoms with van der Waals surface area (Å²) < 4.78 is 21.5. The zero-order valence-electron chi connectivity index (χ0n) is 82.3. The third-order valence-electron chi connectivity index (χ3n) is 28.2. The van der Waals surface area contributed by atoms with Crippen molar-refractivity contribution in [2.24, 2.45) is 28.2 Å². The van der Waals surface area contributed by atoms with Crippen LogP contribution in [0.1, 0.15) is 37.6 Å². The largest absolute Gasteiger partial charge is 0.453 e. The van der Waals surface area contributed by atoms with Crippen molar-refractivity contribution in [3.63, 3.8) is 0 Å². The maximum absolute atomic E-state index is 12.9. The summed E-state index contributed by atoms with van der Waals surface area (Å²) in [5, 5.41) is 29.0. The summed E-state index contributed by atoms with van der Waals surface area (Å²) >= 11 is 0. The van der Waals surface area contributed by atoms with Gasteiger partial charge in [-0.25, -0.2) is 24.9 Å². The Morgan fingerprint density at radius 1 is 0.336 bits per heavy atom. The smallest absolute Gasteiger partial charge is 0.258 e. The summed E-state index contributed by atoms with van der Waals surface area (Å²) in [5.41, 5.74) is 21.8. The lowest BCUT2D eigenvalue weighted by Gasteiger charge is -2.36. The van der Waals surface area contributed by atoms with E-state index in [0.717, 1.165) is 247 Å². The van der Waals surface area contributed by atoms with Crippen LogP contribution in [0.25, 0.3) is 139 Å². The standard InChI is InChI=1S/C23H26N6O.C22H24N6O.C22H23N5O2.C21H22N6O.C20H20N6O/c1-26(2)18-8-10-28(11-9-18)19-5-7-22-25-20(13-23(30)29(22)15-19)16-4-6-21-17(12-16)14-24-27(21)3;1-25-8-3-9-27(11-10-25)18-5-7-21-24-19(13-22(29)28(21)15-18)16-4-6-20-17(12-16)14-23-26(20)2;1-13-8-16-9-19(29-22(16)15(3)24-13)18-10-21(28)27-12-17(4-5-20(27)25-18)26-7-6-23-14(2)11-26;1-24-7-9-26(10-8-24)17-4-6-20-23-18(12-21(28)27(20)14-17)15-3-5-19-16(11-15)13-22-25(19)2;1-24-18-4-2-14(10-15(18)12-22-24)17-11-20(27)26-13-16(3-5-19(26)23-17)25-8-6-21-7-9-25/h4-7,12-15,18H,8-11H2,1-3H3;4-7,12-15H,3,8-11H2,1-2H3;4-5,8-10,12,14,23H,6-7,11H2,1-3H3;3-6,11-14H,7-10H2,1-2H3;2-5,10-13,21H,6-9H2,1H3/t;;14-;;/m..0../s1. The Labute approximate surface area is 823 Å². The number of nitrogens with zero attached hydrogens (tertiary/aromatic N) is 27. The van der Waals surface area contributed by atoms with Gasteiger partial charge >= 0.3 is 0 Å². The Kier molecular flexibility index (Phi) is 25.9. The van der Waals surface area contributed by atoms with Gasteiger partial charge in [0.1, 0.15) is 33.9 Å². The monoisotopic (exact) mass is 1910 g/mol. The highest BCUT2D eigenvalue weighted by molar-refractivity contribution is 5.89. The van der Waals surface area contributed by atoms with Crippen molar-refractivity contribution in [3.8, 4) is 56.5 Å². The molecule has 728 valence electrons. The van der Waals surface area contributed by atoms with E-state index in [1.54, 1.807) is 46.3 Å². The average Bonchev–Trinajstić information content (AvgIpc) is 1.78. The van der Waals surface area contributed by atoms with Gasteiger partial charge in [-0.2, -0.15) is 20.4 Å². The van der Waals surface area contributed by atoms with Crippen LogP contribution in [-0.2, 0) is 28.2 Å². The number of pyridine rings is 6. The second-order valence-corrected chi connectivity index (χ2v) is 38.2. The molecule has 0 amide bonds. The Hall–Kier alpha value is -16.0. The molecule has 25 rings (SSSR count). The fourth-order valence-electron chi connectivity index (χ4n) is 20.0. The van der Waals surface area contributed by atoms with E-state index in [9.17, 15) is 24.0 Å². The molecular formula is C108H115N29O6. The molecule has 35 nitrogen and oxygen atoms in total. The second-order valence-electron chi connectivity index (χ2n) is 38.2. The number of piperazine rings is 3. The van der Waals surface area contributed by atoms with Crippen LogP contribution in [-0.4, -0.2) is 257 Å². The van der Waals surface area contributed by atoms with Crippen LogP contribution in [0.5, 0.6) is 0 Å². The molecule has 20 aromatic rings. The highest BCUT2D eigenvalue weighted by Gasteiger charge is 2.26. The van der Waals surface area contributed by atoms with E-state index < -0.39 is 0 Å². The predicted octanol–water partition coefficient (Wildman–Crippen LogP) is 11.7. The number of hydrogen-bond acceptors (Lipinski definition) is 26.